The van der Waals surface area contributed by atoms with Crippen LogP contribution in [-0.4, -0.2) is 5.91 Å². The molecule has 0 aliphatic carbocycles. The Labute approximate surface area is 117 Å². The first kappa shape index (κ1) is 13.4. The predicted molar refractivity (Wildman–Crippen MR) is 73.5 cm³/mol. The monoisotopic (exact) mass is 324 g/mol. The smallest absolute Gasteiger partial charge is 0.252 e. The topological polar surface area (TPSA) is 78.3 Å². The summed E-state index contributed by atoms with van der Waals surface area (Å²) in [7, 11) is 0. The van der Waals surface area contributed by atoms with Crippen LogP contribution in [0.3, 0.4) is 0 Å². The van der Waals surface area contributed by atoms with E-state index in [-0.39, 0.29) is 17.1 Å². The van der Waals surface area contributed by atoms with Crippen molar-refractivity contribution in [3.05, 3.63) is 52.3 Å². The number of rotatable bonds is 3. The molecule has 4 N–H and O–H groups in total. The lowest BCUT2D eigenvalue weighted by molar-refractivity contribution is 0.0998. The standard InChI is InChI=1S/C13H10BrFN2O2/c14-7-3-8(15)5-10(4-7)19-12-2-1-9(16)6-11(12)13(17)18/h1-6H,16H2,(H2,17,18). The van der Waals surface area contributed by atoms with Crippen molar-refractivity contribution in [3.8, 4) is 11.5 Å². The fourth-order valence-electron chi connectivity index (χ4n) is 1.54. The van der Waals surface area contributed by atoms with Gasteiger partial charge in [0.1, 0.15) is 17.3 Å². The molecular weight excluding hydrogens is 315 g/mol. The van der Waals surface area contributed by atoms with Gasteiger partial charge in [-0.3, -0.25) is 4.79 Å². The van der Waals surface area contributed by atoms with E-state index in [1.165, 1.54) is 24.3 Å². The number of hydrogen-bond donors (Lipinski definition) is 2. The highest BCUT2D eigenvalue weighted by Crippen LogP contribution is 2.29. The average Bonchev–Trinajstić information content (AvgIpc) is 2.30. The molecule has 0 aliphatic heterocycles. The minimum absolute atomic E-state index is 0.139. The van der Waals surface area contributed by atoms with Crippen molar-refractivity contribution in [2.75, 3.05) is 5.73 Å². The molecule has 0 spiro atoms. The maximum atomic E-state index is 13.2. The summed E-state index contributed by atoms with van der Waals surface area (Å²) in [5.41, 5.74) is 11.3. The molecule has 2 rings (SSSR count). The lowest BCUT2D eigenvalue weighted by Gasteiger charge is -2.10. The first-order valence-electron chi connectivity index (χ1n) is 5.29. The van der Waals surface area contributed by atoms with Crippen LogP contribution in [0.15, 0.2) is 40.9 Å². The zero-order chi connectivity index (χ0) is 14.0. The number of carbonyl (C=O) groups is 1. The summed E-state index contributed by atoms with van der Waals surface area (Å²) < 4.78 is 19.2. The summed E-state index contributed by atoms with van der Waals surface area (Å²) in [4.78, 5) is 11.3. The van der Waals surface area contributed by atoms with E-state index in [9.17, 15) is 9.18 Å². The SMILES string of the molecule is NC(=O)c1cc(N)ccc1Oc1cc(F)cc(Br)c1. The molecular formula is C13H10BrFN2O2. The third kappa shape index (κ3) is 3.23. The van der Waals surface area contributed by atoms with Crippen LogP contribution in [0.5, 0.6) is 11.5 Å². The van der Waals surface area contributed by atoms with Gasteiger partial charge in [0.25, 0.3) is 5.91 Å². The van der Waals surface area contributed by atoms with E-state index in [1.54, 1.807) is 12.1 Å². The summed E-state index contributed by atoms with van der Waals surface area (Å²) in [6.07, 6.45) is 0. The van der Waals surface area contributed by atoms with Gasteiger partial charge in [0, 0.05) is 16.2 Å². The first-order chi connectivity index (χ1) is 8.95. The Kier molecular flexibility index (Phi) is 3.71. The maximum absolute atomic E-state index is 13.2. The van der Waals surface area contributed by atoms with E-state index >= 15 is 0 Å². The van der Waals surface area contributed by atoms with Gasteiger partial charge in [-0.2, -0.15) is 0 Å². The lowest BCUT2D eigenvalue weighted by Crippen LogP contribution is -2.12. The van der Waals surface area contributed by atoms with Gasteiger partial charge in [0.2, 0.25) is 0 Å². The zero-order valence-electron chi connectivity index (χ0n) is 9.69. The number of nitrogens with two attached hydrogens (primary N) is 2. The van der Waals surface area contributed by atoms with Gasteiger partial charge in [0.05, 0.1) is 5.56 Å². The second-order valence-corrected chi connectivity index (χ2v) is 4.74. The van der Waals surface area contributed by atoms with Gasteiger partial charge in [-0.05, 0) is 30.3 Å². The van der Waals surface area contributed by atoms with Crippen molar-refractivity contribution in [2.45, 2.75) is 0 Å². The highest BCUT2D eigenvalue weighted by molar-refractivity contribution is 9.10. The highest BCUT2D eigenvalue weighted by Gasteiger charge is 2.11. The Morgan fingerprint density at radius 2 is 1.95 bits per heavy atom. The summed E-state index contributed by atoms with van der Waals surface area (Å²) in [5, 5.41) is 0. The second-order valence-electron chi connectivity index (χ2n) is 3.83. The molecule has 0 atom stereocenters. The predicted octanol–water partition coefficient (Wildman–Crippen LogP) is 3.06. The maximum Gasteiger partial charge on any atom is 0.252 e. The van der Waals surface area contributed by atoms with Crippen molar-refractivity contribution in [1.82, 2.24) is 0 Å². The lowest BCUT2D eigenvalue weighted by atomic mass is 10.1. The number of carbonyl (C=O) groups excluding carboxylic acids is 1. The molecule has 0 unspecified atom stereocenters. The summed E-state index contributed by atoms with van der Waals surface area (Å²) >= 11 is 3.15. The molecule has 98 valence electrons. The minimum atomic E-state index is -0.669. The Morgan fingerprint density at radius 3 is 2.58 bits per heavy atom. The van der Waals surface area contributed by atoms with Crippen LogP contribution in [0, 0.1) is 5.82 Å². The normalized spacial score (nSPS) is 10.2. The second kappa shape index (κ2) is 5.27. The Morgan fingerprint density at radius 1 is 1.21 bits per heavy atom. The Bertz CT molecular complexity index is 626. The molecule has 19 heavy (non-hydrogen) atoms. The van der Waals surface area contributed by atoms with Crippen LogP contribution in [-0.2, 0) is 0 Å². The Balaban J connectivity index is 2.40. The van der Waals surface area contributed by atoms with Crippen molar-refractivity contribution >= 4 is 27.5 Å². The van der Waals surface area contributed by atoms with E-state index in [2.05, 4.69) is 15.9 Å². The molecule has 0 aromatic heterocycles. The third-order valence-corrected chi connectivity index (χ3v) is 2.79. The van der Waals surface area contributed by atoms with Gasteiger partial charge in [0.15, 0.2) is 0 Å². The van der Waals surface area contributed by atoms with E-state index in [0.29, 0.717) is 10.2 Å². The number of anilines is 1. The number of hydrogen-bond acceptors (Lipinski definition) is 3. The van der Waals surface area contributed by atoms with Gasteiger partial charge >= 0.3 is 0 Å². The molecule has 0 saturated carbocycles. The molecule has 0 bridgehead atoms. The van der Waals surface area contributed by atoms with Crippen LogP contribution < -0.4 is 16.2 Å². The average molecular weight is 325 g/mol. The molecule has 0 heterocycles. The van der Waals surface area contributed by atoms with Crippen molar-refractivity contribution in [3.63, 3.8) is 0 Å². The number of benzene rings is 2. The van der Waals surface area contributed by atoms with E-state index in [4.69, 9.17) is 16.2 Å². The van der Waals surface area contributed by atoms with E-state index in [0.717, 1.165) is 0 Å². The molecule has 0 radical (unpaired) electrons. The van der Waals surface area contributed by atoms with Crippen LogP contribution in [0.25, 0.3) is 0 Å². The van der Waals surface area contributed by atoms with E-state index in [1.807, 2.05) is 0 Å². The number of nitrogen functional groups attached to an aromatic ring is 1. The minimum Gasteiger partial charge on any atom is -0.456 e. The first-order valence-corrected chi connectivity index (χ1v) is 6.08. The molecule has 4 nitrogen and oxygen atoms in total. The quantitative estimate of drug-likeness (QED) is 0.851. The Hall–Kier alpha value is -2.08. The molecule has 2 aromatic carbocycles. The largest absolute Gasteiger partial charge is 0.456 e. The van der Waals surface area contributed by atoms with Crippen LogP contribution in [0.4, 0.5) is 10.1 Å². The van der Waals surface area contributed by atoms with Crippen molar-refractivity contribution in [1.29, 1.82) is 0 Å². The van der Waals surface area contributed by atoms with Crippen LogP contribution in [0.1, 0.15) is 10.4 Å². The molecule has 2 aromatic rings. The van der Waals surface area contributed by atoms with Gasteiger partial charge in [-0.15, -0.1) is 0 Å². The van der Waals surface area contributed by atoms with E-state index < -0.39 is 11.7 Å². The number of ether oxygens (including phenoxy) is 1. The highest BCUT2D eigenvalue weighted by atomic mass is 79.9. The molecule has 0 fully saturated rings. The number of amides is 1. The number of halogens is 2. The van der Waals surface area contributed by atoms with Gasteiger partial charge < -0.3 is 16.2 Å². The molecule has 1 amide bonds. The van der Waals surface area contributed by atoms with Crippen LogP contribution in [0.2, 0.25) is 0 Å². The zero-order valence-corrected chi connectivity index (χ0v) is 11.3. The summed E-state index contributed by atoms with van der Waals surface area (Å²) in [5.74, 6) is -0.656. The molecule has 0 saturated heterocycles. The van der Waals surface area contributed by atoms with Gasteiger partial charge in [-0.1, -0.05) is 15.9 Å². The van der Waals surface area contributed by atoms with Crippen LogP contribution >= 0.6 is 15.9 Å². The van der Waals surface area contributed by atoms with Crippen molar-refractivity contribution < 1.29 is 13.9 Å². The third-order valence-electron chi connectivity index (χ3n) is 2.33. The van der Waals surface area contributed by atoms with Crippen molar-refractivity contribution in [2.24, 2.45) is 5.73 Å². The summed E-state index contributed by atoms with van der Waals surface area (Å²) in [6.45, 7) is 0. The van der Waals surface area contributed by atoms with Gasteiger partial charge in [-0.25, -0.2) is 4.39 Å². The number of primary amides is 1. The fraction of sp³-hybridized carbons (Fsp3) is 0. The molecule has 0 aliphatic rings. The fourth-order valence-corrected chi connectivity index (χ4v) is 1.99. The summed E-state index contributed by atoms with van der Waals surface area (Å²) in [6, 6.07) is 8.55. The molecule has 6 heteroatoms.